The maximum atomic E-state index is 14.8. The number of carbonyl (C=O) groups is 1. The van der Waals surface area contributed by atoms with Crippen LogP contribution in [-0.4, -0.2) is 46.3 Å². The predicted octanol–water partition coefficient (Wildman–Crippen LogP) is 4.13. The first-order valence-electron chi connectivity index (χ1n) is 9.81. The normalized spacial score (nSPS) is 26.3. The number of halogens is 4. The lowest BCUT2D eigenvalue weighted by Gasteiger charge is -2.45. The monoisotopic (exact) mass is 433 g/mol. The van der Waals surface area contributed by atoms with Crippen molar-refractivity contribution in [2.45, 2.75) is 25.3 Å². The third-order valence-electron chi connectivity index (χ3n) is 6.07. The Morgan fingerprint density at radius 1 is 1.32 bits per heavy atom. The second-order valence-corrected chi connectivity index (χ2v) is 7.94. The number of hydrazone groups is 1. The van der Waals surface area contributed by atoms with Gasteiger partial charge in [0, 0.05) is 55.4 Å². The van der Waals surface area contributed by atoms with E-state index in [4.69, 9.17) is 5.26 Å². The molecule has 31 heavy (non-hydrogen) atoms. The largest absolute Gasteiger partial charge is 0.340 e. The van der Waals surface area contributed by atoms with Crippen molar-refractivity contribution in [3.63, 3.8) is 0 Å². The molecule has 4 rings (SSSR count). The highest BCUT2D eigenvalue weighted by Crippen LogP contribution is 2.42. The first-order chi connectivity index (χ1) is 14.7. The van der Waals surface area contributed by atoms with E-state index in [-0.39, 0.29) is 24.3 Å². The molecule has 1 aliphatic carbocycles. The minimum Gasteiger partial charge on any atom is -0.322 e. The highest BCUT2D eigenvalue weighted by Gasteiger charge is 2.51. The standard InChI is InChI=1S/C21H19F4N5O/c1-12-17(7-15(22)8-18(12)23)19-3-5-28-30(19)20(31)29-10-14(11-29)21(24,25)13-2-4-27-16(6-13)9-26/h2,4-8,12,14,17,19H,3,10-11H2,1H3/t12?,17?,19-/m0/s1. The number of likely N-dealkylation sites (tertiary alicyclic amines) is 1. The van der Waals surface area contributed by atoms with Crippen LogP contribution < -0.4 is 0 Å². The number of alkyl halides is 2. The molecule has 1 fully saturated rings. The number of carbonyl (C=O) groups excluding carboxylic acids is 1. The van der Waals surface area contributed by atoms with Gasteiger partial charge in [-0.2, -0.15) is 10.4 Å². The minimum atomic E-state index is -3.24. The molecule has 162 valence electrons. The second kappa shape index (κ2) is 7.80. The van der Waals surface area contributed by atoms with Crippen molar-refractivity contribution in [1.29, 1.82) is 5.26 Å². The number of nitrogens with zero attached hydrogens (tertiary/aromatic N) is 5. The molecule has 2 unspecified atom stereocenters. The van der Waals surface area contributed by atoms with Gasteiger partial charge in [0.25, 0.3) is 5.92 Å². The van der Waals surface area contributed by atoms with E-state index in [9.17, 15) is 22.4 Å². The van der Waals surface area contributed by atoms with Gasteiger partial charge in [-0.05, 0) is 18.2 Å². The summed E-state index contributed by atoms with van der Waals surface area (Å²) < 4.78 is 57.4. The molecule has 1 saturated heterocycles. The lowest BCUT2D eigenvalue weighted by Crippen LogP contribution is -2.59. The number of pyridine rings is 1. The Morgan fingerprint density at radius 2 is 2.06 bits per heavy atom. The van der Waals surface area contributed by atoms with Gasteiger partial charge in [0.05, 0.1) is 12.0 Å². The fraction of sp³-hybridized carbons (Fsp3) is 0.429. The van der Waals surface area contributed by atoms with Gasteiger partial charge in [0.2, 0.25) is 0 Å². The zero-order valence-corrected chi connectivity index (χ0v) is 16.6. The van der Waals surface area contributed by atoms with Gasteiger partial charge in [-0.3, -0.25) is 0 Å². The Hall–Kier alpha value is -3.22. The molecule has 2 aliphatic heterocycles. The van der Waals surface area contributed by atoms with E-state index >= 15 is 0 Å². The number of hydrogen-bond donors (Lipinski definition) is 0. The van der Waals surface area contributed by atoms with Crippen molar-refractivity contribution in [3.05, 3.63) is 53.4 Å². The summed E-state index contributed by atoms with van der Waals surface area (Å²) in [4.78, 5) is 17.8. The van der Waals surface area contributed by atoms with E-state index in [1.54, 1.807) is 13.0 Å². The minimum absolute atomic E-state index is 0.109. The molecular weight excluding hydrogens is 414 g/mol. The molecule has 0 bridgehead atoms. The highest BCUT2D eigenvalue weighted by molar-refractivity contribution is 5.79. The Kier molecular flexibility index (Phi) is 5.29. The summed E-state index contributed by atoms with van der Waals surface area (Å²) in [6, 6.07) is 2.76. The fourth-order valence-electron chi connectivity index (χ4n) is 4.15. The first-order valence-corrected chi connectivity index (χ1v) is 9.81. The molecule has 0 radical (unpaired) electrons. The van der Waals surface area contributed by atoms with E-state index in [1.807, 2.05) is 0 Å². The van der Waals surface area contributed by atoms with Crippen LogP contribution in [0, 0.1) is 29.1 Å². The van der Waals surface area contributed by atoms with Crippen molar-refractivity contribution in [2.75, 3.05) is 13.1 Å². The number of aromatic nitrogens is 1. The third kappa shape index (κ3) is 3.69. The molecule has 2 amide bonds. The molecule has 6 nitrogen and oxygen atoms in total. The van der Waals surface area contributed by atoms with Gasteiger partial charge in [0.15, 0.2) is 0 Å². The van der Waals surface area contributed by atoms with Gasteiger partial charge in [0.1, 0.15) is 23.4 Å². The number of hydrogen-bond acceptors (Lipinski definition) is 4. The molecule has 0 saturated carbocycles. The number of nitriles is 1. The van der Waals surface area contributed by atoms with Gasteiger partial charge >= 0.3 is 6.03 Å². The predicted molar refractivity (Wildman–Crippen MR) is 103 cm³/mol. The molecule has 0 aromatic carbocycles. The van der Waals surface area contributed by atoms with Crippen molar-refractivity contribution < 1.29 is 22.4 Å². The van der Waals surface area contributed by atoms with Crippen LogP contribution in [0.5, 0.6) is 0 Å². The van der Waals surface area contributed by atoms with Gasteiger partial charge < -0.3 is 4.90 Å². The van der Waals surface area contributed by atoms with E-state index in [0.717, 1.165) is 29.4 Å². The van der Waals surface area contributed by atoms with Crippen molar-refractivity contribution in [3.8, 4) is 6.07 Å². The summed E-state index contributed by atoms with van der Waals surface area (Å²) in [6.07, 6.45) is 5.06. The smallest absolute Gasteiger partial charge is 0.322 e. The molecule has 0 spiro atoms. The quantitative estimate of drug-likeness (QED) is 0.673. The van der Waals surface area contributed by atoms with E-state index in [0.29, 0.717) is 6.42 Å². The van der Waals surface area contributed by atoms with E-state index in [1.165, 1.54) is 17.2 Å². The summed E-state index contributed by atoms with van der Waals surface area (Å²) in [5.74, 6) is -6.93. The molecule has 1 aromatic heterocycles. The molecule has 10 heteroatoms. The van der Waals surface area contributed by atoms with Crippen LogP contribution in [0.25, 0.3) is 0 Å². The lowest BCUT2D eigenvalue weighted by atomic mass is 9.82. The molecule has 3 atom stereocenters. The zero-order chi connectivity index (χ0) is 22.3. The summed E-state index contributed by atoms with van der Waals surface area (Å²) in [6.45, 7) is 1.20. The van der Waals surface area contributed by atoms with Crippen LogP contribution in [0.2, 0.25) is 0 Å². The van der Waals surface area contributed by atoms with Crippen molar-refractivity contribution in [2.24, 2.45) is 22.9 Å². The maximum absolute atomic E-state index is 14.8. The SMILES string of the molecule is CC1C(F)=CC(F)=CC1[C@@H]1CC=NN1C(=O)N1CC(C(F)(F)c2ccnc(C#N)c2)C1. The van der Waals surface area contributed by atoms with E-state index in [2.05, 4.69) is 10.1 Å². The highest BCUT2D eigenvalue weighted by atomic mass is 19.3. The molecule has 3 heterocycles. The average Bonchev–Trinajstić information content (AvgIpc) is 3.19. The van der Waals surface area contributed by atoms with Crippen LogP contribution in [0.1, 0.15) is 24.6 Å². The second-order valence-electron chi connectivity index (χ2n) is 7.94. The Balaban J connectivity index is 1.44. The van der Waals surface area contributed by atoms with E-state index < -0.39 is 47.4 Å². The number of allylic oxidation sites excluding steroid dienone is 3. The molecular formula is C21H19F4N5O. The molecule has 3 aliphatic rings. The molecule has 0 N–H and O–H groups in total. The van der Waals surface area contributed by atoms with Crippen LogP contribution >= 0.6 is 0 Å². The van der Waals surface area contributed by atoms with Crippen LogP contribution in [0.3, 0.4) is 0 Å². The summed E-state index contributed by atoms with van der Waals surface area (Å²) in [5, 5.41) is 14.1. The van der Waals surface area contributed by atoms with Gasteiger partial charge in [-0.1, -0.05) is 6.92 Å². The Bertz CT molecular complexity index is 1020. The van der Waals surface area contributed by atoms with Crippen molar-refractivity contribution >= 4 is 12.2 Å². The zero-order valence-electron chi connectivity index (χ0n) is 16.6. The topological polar surface area (TPSA) is 72.6 Å². The Morgan fingerprint density at radius 3 is 2.77 bits per heavy atom. The average molecular weight is 433 g/mol. The van der Waals surface area contributed by atoms with Crippen LogP contribution in [-0.2, 0) is 5.92 Å². The van der Waals surface area contributed by atoms with Gasteiger partial charge in [-0.15, -0.1) is 0 Å². The summed E-state index contributed by atoms with van der Waals surface area (Å²) in [5.41, 5.74) is -0.436. The summed E-state index contributed by atoms with van der Waals surface area (Å²) >= 11 is 0. The number of rotatable bonds is 3. The Labute approximate surface area is 176 Å². The third-order valence-corrected chi connectivity index (χ3v) is 6.07. The van der Waals surface area contributed by atoms with Crippen molar-refractivity contribution in [1.82, 2.24) is 14.9 Å². The van der Waals surface area contributed by atoms with Crippen LogP contribution in [0.4, 0.5) is 22.4 Å². The summed E-state index contributed by atoms with van der Waals surface area (Å²) in [7, 11) is 0. The number of amides is 2. The number of urea groups is 1. The fourth-order valence-corrected chi connectivity index (χ4v) is 4.15. The maximum Gasteiger partial charge on any atom is 0.340 e. The lowest BCUT2D eigenvalue weighted by molar-refractivity contribution is -0.115. The van der Waals surface area contributed by atoms with Crippen LogP contribution in [0.15, 0.2) is 47.2 Å². The molecule has 1 aromatic rings. The first kappa shape index (κ1) is 21.0. The van der Waals surface area contributed by atoms with Gasteiger partial charge in [-0.25, -0.2) is 32.3 Å².